The van der Waals surface area contributed by atoms with E-state index in [-0.39, 0.29) is 17.9 Å². The number of aromatic nitrogens is 2. The van der Waals surface area contributed by atoms with Crippen molar-refractivity contribution in [1.82, 2.24) is 14.9 Å². The van der Waals surface area contributed by atoms with E-state index in [1.54, 1.807) is 12.4 Å². The van der Waals surface area contributed by atoms with Crippen molar-refractivity contribution in [3.63, 3.8) is 0 Å². The maximum Gasteiger partial charge on any atom is 0.234 e. The molecule has 0 spiro atoms. The van der Waals surface area contributed by atoms with Crippen molar-refractivity contribution >= 4 is 11.7 Å². The number of carbonyl (C=O) groups is 1. The second-order valence-corrected chi connectivity index (χ2v) is 6.15. The van der Waals surface area contributed by atoms with Gasteiger partial charge >= 0.3 is 0 Å². The molecule has 2 rings (SSSR count). The molecule has 0 unspecified atom stereocenters. The van der Waals surface area contributed by atoms with Crippen LogP contribution in [0.4, 0.5) is 5.82 Å². The fourth-order valence-electron chi connectivity index (χ4n) is 2.94. The summed E-state index contributed by atoms with van der Waals surface area (Å²) >= 11 is 0. The molecular formula is C17H28N4O2. The third-order valence-electron chi connectivity index (χ3n) is 4.20. The summed E-state index contributed by atoms with van der Waals surface area (Å²) in [6.45, 7) is 11.2. The van der Waals surface area contributed by atoms with Crippen LogP contribution in [0.1, 0.15) is 40.5 Å². The summed E-state index contributed by atoms with van der Waals surface area (Å²) in [5.41, 5.74) is 0. The molecule has 1 fully saturated rings. The number of piperidine rings is 1. The van der Waals surface area contributed by atoms with Crippen LogP contribution in [-0.2, 0) is 4.79 Å². The van der Waals surface area contributed by atoms with Crippen LogP contribution < -0.4 is 9.64 Å². The minimum Gasteiger partial charge on any atom is -0.474 e. The Bertz CT molecular complexity index is 509. The second kappa shape index (κ2) is 8.13. The van der Waals surface area contributed by atoms with Gasteiger partial charge < -0.3 is 14.5 Å². The first-order chi connectivity index (χ1) is 11.0. The maximum atomic E-state index is 12.4. The van der Waals surface area contributed by atoms with Gasteiger partial charge in [0, 0.05) is 32.1 Å². The average molecular weight is 320 g/mol. The maximum absolute atomic E-state index is 12.4. The Morgan fingerprint density at radius 2 is 1.96 bits per heavy atom. The van der Waals surface area contributed by atoms with Crippen LogP contribution in [0.3, 0.4) is 0 Å². The molecule has 1 saturated heterocycles. The third kappa shape index (κ3) is 4.56. The highest BCUT2D eigenvalue weighted by atomic mass is 16.5. The Kier molecular flexibility index (Phi) is 6.19. The molecule has 0 saturated carbocycles. The van der Waals surface area contributed by atoms with Gasteiger partial charge in [-0.1, -0.05) is 0 Å². The van der Waals surface area contributed by atoms with E-state index in [0.717, 1.165) is 44.8 Å². The molecule has 1 aromatic rings. The summed E-state index contributed by atoms with van der Waals surface area (Å²) in [6.07, 6.45) is 5.22. The highest BCUT2D eigenvalue weighted by Gasteiger charge is 2.28. The van der Waals surface area contributed by atoms with Gasteiger partial charge in [-0.2, -0.15) is 4.98 Å². The molecule has 1 aliphatic rings. The molecular weight excluding hydrogens is 292 g/mol. The standard InChI is InChI=1S/C17H28N4O2/c1-5-20(6-2)17(22)14-7-9-21(10-8-14)15-11-18-12-16(19-15)23-13(3)4/h11-14H,5-10H2,1-4H3. The van der Waals surface area contributed by atoms with Gasteiger partial charge in [0.05, 0.1) is 18.5 Å². The van der Waals surface area contributed by atoms with Crippen molar-refractivity contribution in [1.29, 1.82) is 0 Å². The summed E-state index contributed by atoms with van der Waals surface area (Å²) < 4.78 is 5.60. The predicted molar refractivity (Wildman–Crippen MR) is 90.7 cm³/mol. The number of hydrogen-bond donors (Lipinski definition) is 0. The van der Waals surface area contributed by atoms with Crippen LogP contribution in [0, 0.1) is 5.92 Å². The zero-order valence-electron chi connectivity index (χ0n) is 14.7. The van der Waals surface area contributed by atoms with E-state index in [2.05, 4.69) is 14.9 Å². The number of carbonyl (C=O) groups excluding carboxylic acids is 1. The predicted octanol–water partition coefficient (Wildman–Crippen LogP) is 2.35. The van der Waals surface area contributed by atoms with E-state index in [0.29, 0.717) is 5.88 Å². The molecule has 0 N–H and O–H groups in total. The van der Waals surface area contributed by atoms with Crippen molar-refractivity contribution in [3.8, 4) is 5.88 Å². The fraction of sp³-hybridized carbons (Fsp3) is 0.706. The van der Waals surface area contributed by atoms with Crippen LogP contribution in [0.5, 0.6) is 5.88 Å². The normalized spacial score (nSPS) is 15.8. The largest absolute Gasteiger partial charge is 0.474 e. The highest BCUT2D eigenvalue weighted by Crippen LogP contribution is 2.24. The highest BCUT2D eigenvalue weighted by molar-refractivity contribution is 5.79. The lowest BCUT2D eigenvalue weighted by Crippen LogP contribution is -2.42. The molecule has 1 aromatic heterocycles. The first-order valence-corrected chi connectivity index (χ1v) is 8.57. The van der Waals surface area contributed by atoms with Crippen LogP contribution in [0.25, 0.3) is 0 Å². The van der Waals surface area contributed by atoms with Crippen LogP contribution in [0.15, 0.2) is 12.4 Å². The molecule has 2 heterocycles. The van der Waals surface area contributed by atoms with Crippen LogP contribution in [-0.4, -0.2) is 53.1 Å². The number of rotatable bonds is 6. The van der Waals surface area contributed by atoms with Crippen molar-refractivity contribution in [2.24, 2.45) is 5.92 Å². The topological polar surface area (TPSA) is 58.6 Å². The molecule has 0 aromatic carbocycles. The summed E-state index contributed by atoms with van der Waals surface area (Å²) in [5.74, 6) is 1.81. The second-order valence-electron chi connectivity index (χ2n) is 6.15. The van der Waals surface area contributed by atoms with Crippen LogP contribution in [0.2, 0.25) is 0 Å². The van der Waals surface area contributed by atoms with Gasteiger partial charge in [0.15, 0.2) is 5.82 Å². The number of hydrogen-bond acceptors (Lipinski definition) is 5. The van der Waals surface area contributed by atoms with Crippen molar-refractivity contribution in [2.45, 2.75) is 46.6 Å². The lowest BCUT2D eigenvalue weighted by atomic mass is 9.95. The van der Waals surface area contributed by atoms with Gasteiger partial charge in [-0.25, -0.2) is 0 Å². The molecule has 0 atom stereocenters. The molecule has 6 heteroatoms. The average Bonchev–Trinajstić information content (AvgIpc) is 2.55. The Labute approximate surface area is 138 Å². The van der Waals surface area contributed by atoms with E-state index in [1.807, 2.05) is 32.6 Å². The Balaban J connectivity index is 1.95. The summed E-state index contributed by atoms with van der Waals surface area (Å²) in [6, 6.07) is 0. The quantitative estimate of drug-likeness (QED) is 0.805. The summed E-state index contributed by atoms with van der Waals surface area (Å²) in [5, 5.41) is 0. The van der Waals surface area contributed by atoms with E-state index in [1.165, 1.54) is 0 Å². The van der Waals surface area contributed by atoms with E-state index in [4.69, 9.17) is 4.74 Å². The number of amides is 1. The third-order valence-corrected chi connectivity index (χ3v) is 4.20. The van der Waals surface area contributed by atoms with Gasteiger partial charge in [-0.3, -0.25) is 9.78 Å². The molecule has 0 bridgehead atoms. The smallest absolute Gasteiger partial charge is 0.234 e. The van der Waals surface area contributed by atoms with Gasteiger partial charge in [0.25, 0.3) is 0 Å². The van der Waals surface area contributed by atoms with Crippen LogP contribution >= 0.6 is 0 Å². The zero-order valence-corrected chi connectivity index (χ0v) is 14.7. The lowest BCUT2D eigenvalue weighted by molar-refractivity contribution is -0.135. The number of nitrogens with zero attached hydrogens (tertiary/aromatic N) is 4. The summed E-state index contributed by atoms with van der Waals surface area (Å²) in [7, 11) is 0. The first-order valence-electron chi connectivity index (χ1n) is 8.57. The molecule has 23 heavy (non-hydrogen) atoms. The van der Waals surface area contributed by atoms with E-state index in [9.17, 15) is 4.79 Å². The van der Waals surface area contributed by atoms with Gasteiger partial charge in [0.1, 0.15) is 0 Å². The Morgan fingerprint density at radius 3 is 2.52 bits per heavy atom. The van der Waals surface area contributed by atoms with E-state index >= 15 is 0 Å². The molecule has 0 radical (unpaired) electrons. The van der Waals surface area contributed by atoms with Gasteiger partial charge in [-0.15, -0.1) is 0 Å². The van der Waals surface area contributed by atoms with E-state index < -0.39 is 0 Å². The Morgan fingerprint density at radius 1 is 1.30 bits per heavy atom. The molecule has 1 amide bonds. The molecule has 128 valence electrons. The number of anilines is 1. The minimum absolute atomic E-state index is 0.0805. The lowest BCUT2D eigenvalue weighted by Gasteiger charge is -2.34. The van der Waals surface area contributed by atoms with Gasteiger partial charge in [-0.05, 0) is 40.5 Å². The Hall–Kier alpha value is -1.85. The molecule has 6 nitrogen and oxygen atoms in total. The monoisotopic (exact) mass is 320 g/mol. The molecule has 1 aliphatic heterocycles. The zero-order chi connectivity index (χ0) is 16.8. The number of ether oxygens (including phenoxy) is 1. The SMILES string of the molecule is CCN(CC)C(=O)C1CCN(c2cncc(OC(C)C)n2)CC1. The summed E-state index contributed by atoms with van der Waals surface area (Å²) in [4.78, 5) is 25.3. The first kappa shape index (κ1) is 17.5. The fourth-order valence-corrected chi connectivity index (χ4v) is 2.94. The molecule has 0 aliphatic carbocycles. The van der Waals surface area contributed by atoms with Crippen molar-refractivity contribution in [3.05, 3.63) is 12.4 Å². The van der Waals surface area contributed by atoms with Crippen molar-refractivity contribution in [2.75, 3.05) is 31.1 Å². The van der Waals surface area contributed by atoms with Gasteiger partial charge in [0.2, 0.25) is 11.8 Å². The van der Waals surface area contributed by atoms with Crippen molar-refractivity contribution < 1.29 is 9.53 Å². The minimum atomic E-state index is 0.0805.